The van der Waals surface area contributed by atoms with Gasteiger partial charge in [-0.25, -0.2) is 9.36 Å². The quantitative estimate of drug-likeness (QED) is 0.842. The molecule has 0 aliphatic heterocycles. The highest BCUT2D eigenvalue weighted by atomic mass is 32.1. The van der Waals surface area contributed by atoms with Crippen LogP contribution in [0.1, 0.15) is 39.0 Å². The van der Waals surface area contributed by atoms with E-state index >= 15 is 0 Å². The third-order valence-electron chi connectivity index (χ3n) is 4.40. The minimum atomic E-state index is -0.582. The number of likely N-dealkylation sites (N-methyl/N-ethyl adjacent to an activating group) is 1. The Morgan fingerprint density at radius 2 is 2.22 bits per heavy atom. The van der Waals surface area contributed by atoms with Gasteiger partial charge < -0.3 is 4.90 Å². The summed E-state index contributed by atoms with van der Waals surface area (Å²) in [5, 5.41) is 5.73. The molecule has 0 spiro atoms. The van der Waals surface area contributed by atoms with Crippen LogP contribution in [0.3, 0.4) is 0 Å². The zero-order valence-corrected chi connectivity index (χ0v) is 14.1. The topological polar surface area (TPSA) is 68.3 Å². The van der Waals surface area contributed by atoms with Crippen LogP contribution in [0.15, 0.2) is 26.8 Å². The molecule has 7 heteroatoms. The molecule has 0 unspecified atom stereocenters. The number of carbonyl (C=O) groups excluding carboxylic acids is 1. The molecule has 0 N–H and O–H groups in total. The smallest absolute Gasteiger partial charge is 0.338 e. The summed E-state index contributed by atoms with van der Waals surface area (Å²) in [6.07, 6.45) is 5.69. The van der Waals surface area contributed by atoms with Crippen LogP contribution in [0.5, 0.6) is 0 Å². The van der Waals surface area contributed by atoms with Crippen LogP contribution in [-0.4, -0.2) is 33.1 Å². The molecule has 0 radical (unpaired) electrons. The van der Waals surface area contributed by atoms with Crippen LogP contribution in [0.4, 0.5) is 0 Å². The first-order valence-electron chi connectivity index (χ1n) is 8.10. The lowest BCUT2D eigenvalue weighted by Gasteiger charge is -2.33. The van der Waals surface area contributed by atoms with Crippen LogP contribution >= 0.6 is 11.3 Å². The van der Waals surface area contributed by atoms with Gasteiger partial charge in [-0.2, -0.15) is 0 Å². The van der Waals surface area contributed by atoms with Gasteiger partial charge in [0.1, 0.15) is 6.54 Å². The second-order valence-corrected chi connectivity index (χ2v) is 6.75. The van der Waals surface area contributed by atoms with E-state index in [0.29, 0.717) is 18.4 Å². The van der Waals surface area contributed by atoms with Crippen molar-refractivity contribution in [2.45, 2.75) is 51.6 Å². The second kappa shape index (κ2) is 7.12. The third-order valence-corrected chi connectivity index (χ3v) is 5.26. The van der Waals surface area contributed by atoms with Crippen molar-refractivity contribution in [3.8, 4) is 10.7 Å². The highest BCUT2D eigenvalue weighted by Crippen LogP contribution is 2.24. The van der Waals surface area contributed by atoms with Gasteiger partial charge in [0.25, 0.3) is 0 Å². The molecule has 1 fully saturated rings. The average molecular weight is 335 g/mol. The van der Waals surface area contributed by atoms with E-state index in [-0.39, 0.29) is 12.5 Å². The predicted octanol–water partition coefficient (Wildman–Crippen LogP) is 2.75. The average Bonchev–Trinajstić information content (AvgIpc) is 3.20. The Morgan fingerprint density at radius 3 is 2.87 bits per heavy atom. The first kappa shape index (κ1) is 16.0. The van der Waals surface area contributed by atoms with E-state index in [1.807, 2.05) is 29.3 Å². The Balaban J connectivity index is 1.79. The van der Waals surface area contributed by atoms with Crippen LogP contribution in [-0.2, 0) is 11.3 Å². The van der Waals surface area contributed by atoms with Gasteiger partial charge >= 0.3 is 5.76 Å². The molecule has 1 amide bonds. The molecule has 124 valence electrons. The van der Waals surface area contributed by atoms with Crippen LogP contribution in [0.2, 0.25) is 0 Å². The van der Waals surface area contributed by atoms with E-state index in [0.717, 1.165) is 17.7 Å². The fourth-order valence-corrected chi connectivity index (χ4v) is 3.96. The molecule has 2 aromatic heterocycles. The zero-order chi connectivity index (χ0) is 16.2. The zero-order valence-electron chi connectivity index (χ0n) is 13.2. The highest BCUT2D eigenvalue weighted by molar-refractivity contribution is 7.13. The summed E-state index contributed by atoms with van der Waals surface area (Å²) in [6.45, 7) is 2.64. The lowest BCUT2D eigenvalue weighted by atomic mass is 9.94. The van der Waals surface area contributed by atoms with Crippen LogP contribution in [0, 0.1) is 0 Å². The maximum Gasteiger partial charge on any atom is 0.442 e. The van der Waals surface area contributed by atoms with E-state index in [9.17, 15) is 9.59 Å². The van der Waals surface area contributed by atoms with E-state index in [4.69, 9.17) is 4.52 Å². The number of carbonyl (C=O) groups is 1. The molecule has 23 heavy (non-hydrogen) atoms. The lowest BCUT2D eigenvalue weighted by Crippen LogP contribution is -2.43. The number of hydrogen-bond acceptors (Lipinski definition) is 5. The van der Waals surface area contributed by atoms with Crippen molar-refractivity contribution in [2.24, 2.45) is 0 Å². The van der Waals surface area contributed by atoms with Gasteiger partial charge in [0.05, 0.1) is 4.88 Å². The van der Waals surface area contributed by atoms with Gasteiger partial charge in [0, 0.05) is 12.6 Å². The Bertz CT molecular complexity index is 698. The molecule has 2 aromatic rings. The molecule has 1 aliphatic carbocycles. The number of amides is 1. The Morgan fingerprint density at radius 1 is 1.43 bits per heavy atom. The molecular formula is C16H21N3O3S. The fourth-order valence-electron chi connectivity index (χ4n) is 3.25. The molecule has 6 nitrogen and oxygen atoms in total. The Hall–Kier alpha value is -1.89. The molecule has 0 atom stereocenters. The highest BCUT2D eigenvalue weighted by Gasteiger charge is 2.26. The summed E-state index contributed by atoms with van der Waals surface area (Å²) >= 11 is 1.47. The summed E-state index contributed by atoms with van der Waals surface area (Å²) in [4.78, 5) is 27.4. The van der Waals surface area contributed by atoms with Crippen LogP contribution in [0.25, 0.3) is 10.7 Å². The molecule has 2 heterocycles. The largest absolute Gasteiger partial charge is 0.442 e. The summed E-state index contributed by atoms with van der Waals surface area (Å²) in [5.41, 5.74) is 0. The standard InChI is InChI=1S/C16H21N3O3S/c1-2-18(12-7-4-3-5-8-12)14(20)11-19-15(17-22-16(19)21)13-9-6-10-23-13/h6,9-10,12H,2-5,7-8,11H2,1H3. The molecular weight excluding hydrogens is 314 g/mol. The molecule has 3 rings (SSSR count). The number of aromatic nitrogens is 2. The second-order valence-electron chi connectivity index (χ2n) is 5.81. The van der Waals surface area contributed by atoms with E-state index in [1.54, 1.807) is 0 Å². The molecule has 1 aliphatic rings. The SMILES string of the molecule is CCN(C(=O)Cn1c(-c2cccs2)noc1=O)C1CCCCC1. The van der Waals surface area contributed by atoms with Crippen molar-refractivity contribution in [3.63, 3.8) is 0 Å². The van der Waals surface area contributed by atoms with Gasteiger partial charge in [-0.15, -0.1) is 11.3 Å². The van der Waals surface area contributed by atoms with Crippen LogP contribution < -0.4 is 5.76 Å². The van der Waals surface area contributed by atoms with Crippen molar-refractivity contribution in [3.05, 3.63) is 28.1 Å². The van der Waals surface area contributed by atoms with Crippen molar-refractivity contribution in [1.29, 1.82) is 0 Å². The maximum absolute atomic E-state index is 12.7. The van der Waals surface area contributed by atoms with Gasteiger partial charge in [0.15, 0.2) is 5.82 Å². The summed E-state index contributed by atoms with van der Waals surface area (Å²) < 4.78 is 6.11. The lowest BCUT2D eigenvalue weighted by molar-refractivity contribution is -0.134. The third kappa shape index (κ3) is 3.39. The number of rotatable bonds is 5. The van der Waals surface area contributed by atoms with E-state index in [2.05, 4.69) is 5.16 Å². The summed E-state index contributed by atoms with van der Waals surface area (Å²) in [7, 11) is 0. The van der Waals surface area contributed by atoms with E-state index < -0.39 is 5.76 Å². The monoisotopic (exact) mass is 335 g/mol. The first-order chi connectivity index (χ1) is 11.2. The molecule has 1 saturated carbocycles. The van der Waals surface area contributed by atoms with Crippen molar-refractivity contribution >= 4 is 17.2 Å². The molecule has 0 aromatic carbocycles. The first-order valence-corrected chi connectivity index (χ1v) is 8.98. The van der Waals surface area contributed by atoms with E-state index in [1.165, 1.54) is 35.2 Å². The van der Waals surface area contributed by atoms with Gasteiger partial charge in [0.2, 0.25) is 5.91 Å². The molecule has 0 saturated heterocycles. The normalized spacial score (nSPS) is 15.7. The van der Waals surface area contributed by atoms with Crippen molar-refractivity contribution in [1.82, 2.24) is 14.6 Å². The van der Waals surface area contributed by atoms with Gasteiger partial charge in [-0.3, -0.25) is 9.32 Å². The molecule has 0 bridgehead atoms. The minimum Gasteiger partial charge on any atom is -0.338 e. The van der Waals surface area contributed by atoms with Gasteiger partial charge in [-0.05, 0) is 31.2 Å². The fraction of sp³-hybridized carbons (Fsp3) is 0.562. The minimum absolute atomic E-state index is 0.0140. The van der Waals surface area contributed by atoms with Crippen molar-refractivity contribution in [2.75, 3.05) is 6.54 Å². The summed E-state index contributed by atoms with van der Waals surface area (Å²) in [5.74, 6) is -0.193. The maximum atomic E-state index is 12.7. The predicted molar refractivity (Wildman–Crippen MR) is 88.3 cm³/mol. The summed E-state index contributed by atoms with van der Waals surface area (Å²) in [6, 6.07) is 4.04. The van der Waals surface area contributed by atoms with Crippen molar-refractivity contribution < 1.29 is 9.32 Å². The number of hydrogen-bond donors (Lipinski definition) is 0. The Labute approximate surface area is 138 Å². The number of nitrogens with zero attached hydrogens (tertiary/aromatic N) is 3. The van der Waals surface area contributed by atoms with Gasteiger partial charge in [-0.1, -0.05) is 30.5 Å². The number of thiophene rings is 1. The Kier molecular flexibility index (Phi) is 4.95.